The molecular formula is C14H19N3O2. The third-order valence-corrected chi connectivity index (χ3v) is 3.10. The molecule has 0 aliphatic heterocycles. The van der Waals surface area contributed by atoms with Gasteiger partial charge in [-0.15, -0.1) is 0 Å². The van der Waals surface area contributed by atoms with Crippen molar-refractivity contribution >= 4 is 0 Å². The summed E-state index contributed by atoms with van der Waals surface area (Å²) in [6, 6.07) is 6.51. The summed E-state index contributed by atoms with van der Waals surface area (Å²) < 4.78 is 1.50. The van der Waals surface area contributed by atoms with Gasteiger partial charge in [-0.1, -0.05) is 13.8 Å². The Hall–Kier alpha value is -2.01. The monoisotopic (exact) mass is 261 g/mol. The van der Waals surface area contributed by atoms with E-state index in [0.717, 1.165) is 11.3 Å². The molecule has 0 atom stereocenters. The number of nitrogens with zero attached hydrogens (tertiary/aromatic N) is 1. The maximum atomic E-state index is 12.4. The summed E-state index contributed by atoms with van der Waals surface area (Å²) in [6.07, 6.45) is 0.563. The number of aromatic amines is 1. The second kappa shape index (κ2) is 5.32. The van der Waals surface area contributed by atoms with Crippen LogP contribution in [0.15, 0.2) is 29.1 Å². The third-order valence-electron chi connectivity index (χ3n) is 3.10. The number of hydrogen-bond acceptors (Lipinski definition) is 3. The van der Waals surface area contributed by atoms with E-state index in [1.807, 2.05) is 13.8 Å². The molecule has 2 aromatic rings. The number of aromatic hydroxyl groups is 1. The molecule has 5 heteroatoms. The van der Waals surface area contributed by atoms with Gasteiger partial charge in [-0.25, -0.2) is 4.68 Å². The molecule has 0 aliphatic carbocycles. The summed E-state index contributed by atoms with van der Waals surface area (Å²) in [5, 5.41) is 12.4. The molecule has 19 heavy (non-hydrogen) atoms. The summed E-state index contributed by atoms with van der Waals surface area (Å²) in [5.41, 5.74) is 7.86. The van der Waals surface area contributed by atoms with Crippen LogP contribution in [0.4, 0.5) is 0 Å². The van der Waals surface area contributed by atoms with Crippen LogP contribution in [-0.4, -0.2) is 21.4 Å². The SMILES string of the molecule is CC(C)c1[nH]n(-c2ccc(O)cc2)c(=O)c1CCN. The zero-order chi connectivity index (χ0) is 14.0. The fourth-order valence-corrected chi connectivity index (χ4v) is 2.14. The van der Waals surface area contributed by atoms with Crippen LogP contribution in [0.5, 0.6) is 5.75 Å². The minimum Gasteiger partial charge on any atom is -0.508 e. The number of H-pyrrole nitrogens is 1. The Morgan fingerprint density at radius 3 is 2.47 bits per heavy atom. The molecule has 1 heterocycles. The molecule has 0 radical (unpaired) electrons. The van der Waals surface area contributed by atoms with Crippen LogP contribution in [0.2, 0.25) is 0 Å². The van der Waals surface area contributed by atoms with E-state index >= 15 is 0 Å². The molecule has 0 unspecified atom stereocenters. The van der Waals surface area contributed by atoms with Gasteiger partial charge in [0.2, 0.25) is 0 Å². The lowest BCUT2D eigenvalue weighted by atomic mass is 10.0. The molecule has 102 valence electrons. The normalized spacial score (nSPS) is 11.2. The average Bonchev–Trinajstić information content (AvgIpc) is 2.69. The van der Waals surface area contributed by atoms with Gasteiger partial charge in [0.1, 0.15) is 5.75 Å². The van der Waals surface area contributed by atoms with Crippen molar-refractivity contribution < 1.29 is 5.11 Å². The van der Waals surface area contributed by atoms with Crippen LogP contribution in [-0.2, 0) is 6.42 Å². The molecule has 4 N–H and O–H groups in total. The highest BCUT2D eigenvalue weighted by molar-refractivity contribution is 5.37. The molecule has 0 aliphatic rings. The predicted octanol–water partition coefficient (Wildman–Crippen LogP) is 1.50. The van der Waals surface area contributed by atoms with Crippen LogP contribution in [0.1, 0.15) is 31.0 Å². The molecule has 0 spiro atoms. The van der Waals surface area contributed by atoms with E-state index in [0.29, 0.717) is 18.7 Å². The second-order valence-electron chi connectivity index (χ2n) is 4.85. The van der Waals surface area contributed by atoms with Crippen LogP contribution in [0.25, 0.3) is 5.69 Å². The van der Waals surface area contributed by atoms with Crippen molar-refractivity contribution in [2.24, 2.45) is 5.73 Å². The third kappa shape index (κ3) is 2.56. The number of nitrogens with one attached hydrogen (secondary N) is 1. The smallest absolute Gasteiger partial charge is 0.274 e. The second-order valence-corrected chi connectivity index (χ2v) is 4.85. The Kier molecular flexibility index (Phi) is 3.76. The number of aromatic nitrogens is 2. The van der Waals surface area contributed by atoms with E-state index in [4.69, 9.17) is 5.73 Å². The summed E-state index contributed by atoms with van der Waals surface area (Å²) in [4.78, 5) is 12.4. The standard InChI is InChI=1S/C14H19N3O2/c1-9(2)13-12(7-8-15)14(19)17(16-13)10-3-5-11(18)6-4-10/h3-6,9,16,18H,7-8,15H2,1-2H3. The van der Waals surface area contributed by atoms with Crippen LogP contribution < -0.4 is 11.3 Å². The van der Waals surface area contributed by atoms with E-state index < -0.39 is 0 Å². The van der Waals surface area contributed by atoms with Crippen molar-refractivity contribution in [1.29, 1.82) is 0 Å². The average molecular weight is 261 g/mol. The van der Waals surface area contributed by atoms with Crippen molar-refractivity contribution in [3.05, 3.63) is 45.9 Å². The van der Waals surface area contributed by atoms with Crippen molar-refractivity contribution in [3.63, 3.8) is 0 Å². The highest BCUT2D eigenvalue weighted by atomic mass is 16.3. The zero-order valence-corrected chi connectivity index (χ0v) is 11.2. The van der Waals surface area contributed by atoms with Gasteiger partial charge < -0.3 is 10.8 Å². The molecule has 0 saturated carbocycles. The lowest BCUT2D eigenvalue weighted by molar-refractivity contribution is 0.475. The maximum absolute atomic E-state index is 12.4. The summed E-state index contributed by atoms with van der Waals surface area (Å²) in [5.74, 6) is 0.405. The number of hydrogen-bond donors (Lipinski definition) is 3. The van der Waals surface area contributed by atoms with E-state index in [-0.39, 0.29) is 17.2 Å². The quantitative estimate of drug-likeness (QED) is 0.779. The van der Waals surface area contributed by atoms with Gasteiger partial charge in [0.05, 0.1) is 5.69 Å². The molecular weight excluding hydrogens is 242 g/mol. The molecule has 0 amide bonds. The molecule has 0 bridgehead atoms. The first kappa shape index (κ1) is 13.4. The van der Waals surface area contributed by atoms with Crippen molar-refractivity contribution in [1.82, 2.24) is 9.78 Å². The first-order chi connectivity index (χ1) is 9.04. The molecule has 2 rings (SSSR count). The Morgan fingerprint density at radius 2 is 1.95 bits per heavy atom. The van der Waals surface area contributed by atoms with Crippen molar-refractivity contribution in [2.75, 3.05) is 6.54 Å². The topological polar surface area (TPSA) is 84.0 Å². The predicted molar refractivity (Wildman–Crippen MR) is 74.9 cm³/mol. The van der Waals surface area contributed by atoms with E-state index in [1.54, 1.807) is 24.3 Å². The van der Waals surface area contributed by atoms with Crippen molar-refractivity contribution in [2.45, 2.75) is 26.2 Å². The van der Waals surface area contributed by atoms with Crippen LogP contribution >= 0.6 is 0 Å². The van der Waals surface area contributed by atoms with Gasteiger partial charge in [-0.05, 0) is 43.1 Å². The van der Waals surface area contributed by atoms with Crippen molar-refractivity contribution in [3.8, 4) is 11.4 Å². The number of phenols is 1. The Balaban J connectivity index is 2.55. The molecule has 1 aromatic heterocycles. The number of rotatable bonds is 4. The summed E-state index contributed by atoms with van der Waals surface area (Å²) >= 11 is 0. The molecule has 5 nitrogen and oxygen atoms in total. The van der Waals surface area contributed by atoms with Gasteiger partial charge in [0, 0.05) is 11.3 Å². The van der Waals surface area contributed by atoms with Gasteiger partial charge >= 0.3 is 0 Å². The van der Waals surface area contributed by atoms with Crippen LogP contribution in [0.3, 0.4) is 0 Å². The first-order valence-corrected chi connectivity index (χ1v) is 6.38. The van der Waals surface area contributed by atoms with Gasteiger partial charge in [0.15, 0.2) is 0 Å². The largest absolute Gasteiger partial charge is 0.508 e. The number of nitrogens with two attached hydrogens (primary N) is 1. The zero-order valence-electron chi connectivity index (χ0n) is 11.2. The van der Waals surface area contributed by atoms with E-state index in [1.165, 1.54) is 4.68 Å². The minimum absolute atomic E-state index is 0.0696. The number of benzene rings is 1. The first-order valence-electron chi connectivity index (χ1n) is 6.38. The molecule has 0 fully saturated rings. The lowest BCUT2D eigenvalue weighted by Crippen LogP contribution is -2.19. The minimum atomic E-state index is -0.0696. The summed E-state index contributed by atoms with van der Waals surface area (Å²) in [6.45, 7) is 4.52. The summed E-state index contributed by atoms with van der Waals surface area (Å²) in [7, 11) is 0. The maximum Gasteiger partial charge on any atom is 0.274 e. The van der Waals surface area contributed by atoms with E-state index in [2.05, 4.69) is 5.10 Å². The van der Waals surface area contributed by atoms with Gasteiger partial charge in [-0.2, -0.15) is 0 Å². The van der Waals surface area contributed by atoms with Crippen LogP contribution in [0, 0.1) is 0 Å². The fourth-order valence-electron chi connectivity index (χ4n) is 2.14. The number of phenolic OH excluding ortho intramolecular Hbond substituents is 1. The highest BCUT2D eigenvalue weighted by Gasteiger charge is 2.16. The van der Waals surface area contributed by atoms with Gasteiger partial charge in [-0.3, -0.25) is 9.89 Å². The lowest BCUT2D eigenvalue weighted by Gasteiger charge is -2.04. The van der Waals surface area contributed by atoms with E-state index in [9.17, 15) is 9.90 Å². The molecule has 0 saturated heterocycles. The van der Waals surface area contributed by atoms with Gasteiger partial charge in [0.25, 0.3) is 5.56 Å². The Bertz CT molecular complexity index is 609. The highest BCUT2D eigenvalue weighted by Crippen LogP contribution is 2.18. The Morgan fingerprint density at radius 1 is 1.32 bits per heavy atom. The molecule has 1 aromatic carbocycles. The fraction of sp³-hybridized carbons (Fsp3) is 0.357. The Labute approximate surface area is 111 Å².